The van der Waals surface area contributed by atoms with Crippen molar-refractivity contribution in [3.05, 3.63) is 76.3 Å². The molecule has 7 heteroatoms. The van der Waals surface area contributed by atoms with E-state index in [1.54, 1.807) is 23.9 Å². The predicted octanol–water partition coefficient (Wildman–Crippen LogP) is 5.44. The molecule has 4 nitrogen and oxygen atoms in total. The van der Waals surface area contributed by atoms with Crippen LogP contribution in [0.3, 0.4) is 0 Å². The first-order valence-electron chi connectivity index (χ1n) is 7.85. The van der Waals surface area contributed by atoms with E-state index < -0.39 is 0 Å². The molecule has 1 heterocycles. The molecule has 0 fully saturated rings. The molecule has 0 unspecified atom stereocenters. The molecular formula is C19H16ClN3OS2. The molecular weight excluding hydrogens is 386 g/mol. The number of halogens is 1. The molecule has 132 valence electrons. The summed E-state index contributed by atoms with van der Waals surface area (Å²) in [6.45, 7) is 2.07. The summed E-state index contributed by atoms with van der Waals surface area (Å²) >= 11 is 9.01. The Morgan fingerprint density at radius 3 is 2.73 bits per heavy atom. The molecule has 3 rings (SSSR count). The zero-order valence-electron chi connectivity index (χ0n) is 14.0. The van der Waals surface area contributed by atoms with Crippen LogP contribution in [-0.4, -0.2) is 16.1 Å². The third-order valence-electron chi connectivity index (χ3n) is 3.44. The van der Waals surface area contributed by atoms with Crippen LogP contribution in [0.2, 0.25) is 5.02 Å². The molecule has 0 aliphatic carbocycles. The van der Waals surface area contributed by atoms with E-state index >= 15 is 0 Å². The number of anilines is 1. The molecule has 0 bridgehead atoms. The van der Waals surface area contributed by atoms with E-state index in [1.807, 2.05) is 18.2 Å². The van der Waals surface area contributed by atoms with Crippen molar-refractivity contribution in [3.8, 4) is 0 Å². The molecule has 0 saturated heterocycles. The van der Waals surface area contributed by atoms with Crippen molar-refractivity contribution < 1.29 is 4.79 Å². The number of aromatic nitrogens is 2. The average Bonchev–Trinajstić information content (AvgIpc) is 3.08. The van der Waals surface area contributed by atoms with Crippen molar-refractivity contribution in [3.63, 3.8) is 0 Å². The molecule has 26 heavy (non-hydrogen) atoms. The topological polar surface area (TPSA) is 54.9 Å². The second-order valence-corrected chi connectivity index (χ2v) is 8.10. The van der Waals surface area contributed by atoms with Crippen molar-refractivity contribution in [1.29, 1.82) is 0 Å². The van der Waals surface area contributed by atoms with E-state index in [1.165, 1.54) is 28.5 Å². The molecule has 0 atom stereocenters. The Morgan fingerprint density at radius 1 is 1.19 bits per heavy atom. The van der Waals surface area contributed by atoms with Gasteiger partial charge in [-0.1, -0.05) is 82.7 Å². The van der Waals surface area contributed by atoms with Gasteiger partial charge in [0, 0.05) is 16.9 Å². The number of hydrogen-bond donors (Lipinski definition) is 1. The third-order valence-corrected chi connectivity index (χ3v) is 5.83. The lowest BCUT2D eigenvalue weighted by Gasteiger charge is -1.99. The van der Waals surface area contributed by atoms with Crippen molar-refractivity contribution in [2.45, 2.75) is 17.0 Å². The molecule has 1 N–H and O–H groups in total. The lowest BCUT2D eigenvalue weighted by atomic mass is 10.2. The van der Waals surface area contributed by atoms with Gasteiger partial charge in [-0.2, -0.15) is 0 Å². The maximum Gasteiger partial charge on any atom is 0.250 e. The van der Waals surface area contributed by atoms with Gasteiger partial charge in [0.1, 0.15) is 0 Å². The van der Waals surface area contributed by atoms with Crippen molar-refractivity contribution in [2.24, 2.45) is 0 Å². The van der Waals surface area contributed by atoms with E-state index in [2.05, 4.69) is 46.7 Å². The molecule has 0 radical (unpaired) electrons. The number of hydrogen-bond acceptors (Lipinski definition) is 5. The molecule has 0 aliphatic heterocycles. The summed E-state index contributed by atoms with van der Waals surface area (Å²) < 4.78 is 0.816. The number of benzene rings is 2. The molecule has 2 aromatic carbocycles. The third kappa shape index (κ3) is 5.42. The second-order valence-electron chi connectivity index (χ2n) is 5.49. The van der Waals surface area contributed by atoms with Gasteiger partial charge >= 0.3 is 0 Å². The van der Waals surface area contributed by atoms with E-state index in [0.29, 0.717) is 10.2 Å². The fourth-order valence-electron chi connectivity index (χ4n) is 2.07. The van der Waals surface area contributed by atoms with Crippen molar-refractivity contribution in [2.75, 3.05) is 5.32 Å². The Labute approximate surface area is 165 Å². The van der Waals surface area contributed by atoms with Crippen molar-refractivity contribution in [1.82, 2.24) is 10.2 Å². The zero-order valence-corrected chi connectivity index (χ0v) is 16.4. The van der Waals surface area contributed by atoms with Crippen LogP contribution in [-0.2, 0) is 10.5 Å². The zero-order chi connectivity index (χ0) is 18.4. The Hall–Kier alpha value is -2.15. The highest BCUT2D eigenvalue weighted by Gasteiger charge is 2.07. The van der Waals surface area contributed by atoms with Crippen LogP contribution in [0.15, 0.2) is 58.9 Å². The standard InChI is InChI=1S/C19H16ClN3OS2/c1-13-6-8-14(9-7-13)12-25-19-23-22-18(26-19)21-17(24)11-10-15-4-2-3-5-16(15)20/h2-11H,12H2,1H3,(H,21,22,24)/b11-10+. The van der Waals surface area contributed by atoms with Crippen LogP contribution in [0, 0.1) is 6.92 Å². The van der Waals surface area contributed by atoms with Crippen LogP contribution in [0.5, 0.6) is 0 Å². The summed E-state index contributed by atoms with van der Waals surface area (Å²) in [5.41, 5.74) is 3.25. The smallest absolute Gasteiger partial charge is 0.250 e. The summed E-state index contributed by atoms with van der Waals surface area (Å²) in [6.07, 6.45) is 3.10. The van der Waals surface area contributed by atoms with Gasteiger partial charge in [0.2, 0.25) is 11.0 Å². The highest BCUT2D eigenvalue weighted by Crippen LogP contribution is 2.28. The summed E-state index contributed by atoms with van der Waals surface area (Å²) in [4.78, 5) is 12.0. The molecule has 0 aliphatic rings. The maximum absolute atomic E-state index is 12.0. The van der Waals surface area contributed by atoms with Crippen LogP contribution < -0.4 is 5.32 Å². The molecule has 3 aromatic rings. The van der Waals surface area contributed by atoms with Gasteiger partial charge in [0.25, 0.3) is 0 Å². The van der Waals surface area contributed by atoms with E-state index in [-0.39, 0.29) is 5.91 Å². The first-order valence-corrected chi connectivity index (χ1v) is 10.0. The lowest BCUT2D eigenvalue weighted by Crippen LogP contribution is -2.07. The summed E-state index contributed by atoms with van der Waals surface area (Å²) in [6, 6.07) is 15.7. The van der Waals surface area contributed by atoms with Gasteiger partial charge in [-0.05, 0) is 30.2 Å². The number of carbonyl (C=O) groups excluding carboxylic acids is 1. The minimum absolute atomic E-state index is 0.267. The number of amides is 1. The average molecular weight is 402 g/mol. The number of nitrogens with zero attached hydrogens (tertiary/aromatic N) is 2. The SMILES string of the molecule is Cc1ccc(CSc2nnc(NC(=O)/C=C/c3ccccc3Cl)s2)cc1. The predicted molar refractivity (Wildman–Crippen MR) is 110 cm³/mol. The summed E-state index contributed by atoms with van der Waals surface area (Å²) in [5.74, 6) is 0.547. The van der Waals surface area contributed by atoms with Gasteiger partial charge in [0.15, 0.2) is 4.34 Å². The van der Waals surface area contributed by atoms with Gasteiger partial charge in [0.05, 0.1) is 0 Å². The molecule has 1 aromatic heterocycles. The number of aryl methyl sites for hydroxylation is 1. The Kier molecular flexibility index (Phi) is 6.44. The first kappa shape index (κ1) is 18.6. The van der Waals surface area contributed by atoms with Gasteiger partial charge in [-0.3, -0.25) is 10.1 Å². The monoisotopic (exact) mass is 401 g/mol. The highest BCUT2D eigenvalue weighted by molar-refractivity contribution is 8.00. The van der Waals surface area contributed by atoms with Gasteiger partial charge in [-0.25, -0.2) is 0 Å². The molecule has 0 spiro atoms. The Morgan fingerprint density at radius 2 is 1.96 bits per heavy atom. The number of nitrogens with one attached hydrogen (secondary N) is 1. The van der Waals surface area contributed by atoms with Crippen LogP contribution in [0.1, 0.15) is 16.7 Å². The Bertz CT molecular complexity index is 923. The fraction of sp³-hybridized carbons (Fsp3) is 0.105. The summed E-state index contributed by atoms with van der Waals surface area (Å²) in [5, 5.41) is 11.9. The Balaban J connectivity index is 1.53. The van der Waals surface area contributed by atoms with E-state index in [9.17, 15) is 4.79 Å². The number of carbonyl (C=O) groups is 1. The first-order chi connectivity index (χ1) is 12.6. The van der Waals surface area contributed by atoms with Crippen molar-refractivity contribution >= 4 is 51.8 Å². The maximum atomic E-state index is 12.0. The van der Waals surface area contributed by atoms with Crippen LogP contribution in [0.25, 0.3) is 6.08 Å². The second kappa shape index (κ2) is 8.98. The van der Waals surface area contributed by atoms with E-state index in [0.717, 1.165) is 15.7 Å². The van der Waals surface area contributed by atoms with Crippen LogP contribution in [0.4, 0.5) is 5.13 Å². The minimum atomic E-state index is -0.267. The minimum Gasteiger partial charge on any atom is -0.297 e. The molecule has 0 saturated carbocycles. The normalized spacial score (nSPS) is 11.0. The summed E-state index contributed by atoms with van der Waals surface area (Å²) in [7, 11) is 0. The lowest BCUT2D eigenvalue weighted by molar-refractivity contribution is -0.111. The van der Waals surface area contributed by atoms with Gasteiger partial charge < -0.3 is 0 Å². The largest absolute Gasteiger partial charge is 0.297 e. The quantitative estimate of drug-likeness (QED) is 0.339. The number of rotatable bonds is 6. The molecule has 1 amide bonds. The number of thioether (sulfide) groups is 1. The highest BCUT2D eigenvalue weighted by atomic mass is 35.5. The van der Waals surface area contributed by atoms with Crippen LogP contribution >= 0.6 is 34.7 Å². The fourth-order valence-corrected chi connectivity index (χ4v) is 3.98. The van der Waals surface area contributed by atoms with E-state index in [4.69, 9.17) is 11.6 Å². The van der Waals surface area contributed by atoms with Gasteiger partial charge in [-0.15, -0.1) is 10.2 Å².